The molecule has 2 rings (SSSR count). The summed E-state index contributed by atoms with van der Waals surface area (Å²) in [6.07, 6.45) is 1.01. The van der Waals surface area contributed by atoms with Gasteiger partial charge in [0.2, 0.25) is 11.8 Å². The molecule has 1 aromatic carbocycles. The number of nitrogens with zero attached hydrogens (tertiary/aromatic N) is 1. The molecule has 0 unspecified atom stereocenters. The molecule has 0 bridgehead atoms. The van der Waals surface area contributed by atoms with E-state index in [2.05, 4.69) is 43.4 Å². The zero-order valence-electron chi connectivity index (χ0n) is 14.2. The Morgan fingerprint density at radius 2 is 1.96 bits per heavy atom. The van der Waals surface area contributed by atoms with Gasteiger partial charge in [-0.1, -0.05) is 38.1 Å². The molecule has 0 atom stereocenters. The Bertz CT molecular complexity index is 639. The van der Waals surface area contributed by atoms with Crippen molar-refractivity contribution in [2.75, 3.05) is 11.9 Å². The zero-order chi connectivity index (χ0) is 16.9. The number of rotatable bonds is 6. The number of anilines is 1. The molecule has 0 saturated heterocycles. The lowest BCUT2D eigenvalue weighted by Crippen LogP contribution is -2.12. The fourth-order valence-electron chi connectivity index (χ4n) is 2.10. The average Bonchev–Trinajstić information content (AvgIpc) is 2.88. The summed E-state index contributed by atoms with van der Waals surface area (Å²) in [5, 5.41) is 6.38. The monoisotopic (exact) mass is 316 g/mol. The number of amides is 1. The third kappa shape index (κ3) is 5.43. The van der Waals surface area contributed by atoms with Crippen LogP contribution in [0.3, 0.4) is 0 Å². The molecule has 1 heterocycles. The van der Waals surface area contributed by atoms with E-state index in [1.165, 1.54) is 5.56 Å². The Kier molecular flexibility index (Phi) is 5.42. The number of aromatic nitrogens is 1. The van der Waals surface area contributed by atoms with Gasteiger partial charge in [0.1, 0.15) is 5.75 Å². The molecule has 1 N–H and O–H groups in total. The van der Waals surface area contributed by atoms with E-state index in [4.69, 9.17) is 9.26 Å². The maximum atomic E-state index is 11.7. The second-order valence-electron chi connectivity index (χ2n) is 6.61. The molecule has 0 aliphatic heterocycles. The number of hydrogen-bond donors (Lipinski definition) is 1. The summed E-state index contributed by atoms with van der Waals surface area (Å²) in [5.41, 5.74) is 2.14. The number of aryl methyl sites for hydroxylation is 1. The highest BCUT2D eigenvalue weighted by atomic mass is 16.5. The van der Waals surface area contributed by atoms with Gasteiger partial charge in [-0.2, -0.15) is 0 Å². The number of ether oxygens (including phenoxy) is 1. The second kappa shape index (κ2) is 7.31. The summed E-state index contributed by atoms with van der Waals surface area (Å²) in [6, 6.07) is 9.78. The van der Waals surface area contributed by atoms with Gasteiger partial charge in [0, 0.05) is 12.5 Å². The third-order valence-electron chi connectivity index (χ3n) is 3.43. The molecule has 1 amide bonds. The molecule has 5 heteroatoms. The lowest BCUT2D eigenvalue weighted by atomic mass is 9.87. The normalized spacial score (nSPS) is 11.3. The van der Waals surface area contributed by atoms with Crippen molar-refractivity contribution in [1.29, 1.82) is 0 Å². The molecule has 5 nitrogen and oxygen atoms in total. The Morgan fingerprint density at radius 1 is 1.26 bits per heavy atom. The average molecular weight is 316 g/mol. The van der Waals surface area contributed by atoms with E-state index in [0.717, 1.165) is 11.4 Å². The number of nitrogens with one attached hydrogen (secondary N) is 1. The molecule has 2 aromatic rings. The number of carbonyl (C=O) groups is 1. The minimum absolute atomic E-state index is 0.104. The van der Waals surface area contributed by atoms with Crippen LogP contribution in [0.25, 0.3) is 0 Å². The molecule has 1 aromatic heterocycles. The maximum absolute atomic E-state index is 11.7. The van der Waals surface area contributed by atoms with Gasteiger partial charge in [-0.15, -0.1) is 0 Å². The number of carbonyl (C=O) groups excluding carboxylic acids is 1. The first kappa shape index (κ1) is 17.1. The van der Waals surface area contributed by atoms with Crippen LogP contribution in [-0.2, 0) is 10.2 Å². The molecular formula is C18H24N2O3. The quantitative estimate of drug-likeness (QED) is 0.816. The van der Waals surface area contributed by atoms with Gasteiger partial charge in [-0.25, -0.2) is 0 Å². The number of hydrogen-bond acceptors (Lipinski definition) is 4. The molecule has 0 spiro atoms. The smallest absolute Gasteiger partial charge is 0.231 e. The predicted octanol–water partition coefficient (Wildman–Crippen LogP) is 4.08. The molecule has 0 aliphatic rings. The minimum atomic E-state index is -0.104. The van der Waals surface area contributed by atoms with Gasteiger partial charge in [-0.05, 0) is 36.5 Å². The third-order valence-corrected chi connectivity index (χ3v) is 3.43. The van der Waals surface area contributed by atoms with E-state index in [0.29, 0.717) is 25.3 Å². The first-order valence-electron chi connectivity index (χ1n) is 7.81. The van der Waals surface area contributed by atoms with E-state index in [9.17, 15) is 4.79 Å². The summed E-state index contributed by atoms with van der Waals surface area (Å²) < 4.78 is 10.6. The van der Waals surface area contributed by atoms with E-state index in [1.54, 1.807) is 13.0 Å². The Balaban J connectivity index is 1.70. The van der Waals surface area contributed by atoms with Crippen molar-refractivity contribution in [3.63, 3.8) is 0 Å². The lowest BCUT2D eigenvalue weighted by molar-refractivity contribution is -0.116. The maximum Gasteiger partial charge on any atom is 0.231 e. The van der Waals surface area contributed by atoms with Crippen LogP contribution in [0, 0.1) is 6.92 Å². The van der Waals surface area contributed by atoms with Gasteiger partial charge in [0.15, 0.2) is 0 Å². The fourth-order valence-corrected chi connectivity index (χ4v) is 2.10. The van der Waals surface area contributed by atoms with Crippen LogP contribution >= 0.6 is 0 Å². The van der Waals surface area contributed by atoms with Crippen molar-refractivity contribution in [3.05, 3.63) is 41.6 Å². The molecule has 0 fully saturated rings. The van der Waals surface area contributed by atoms with Crippen LogP contribution in [0.15, 0.2) is 34.9 Å². The number of benzene rings is 1. The van der Waals surface area contributed by atoms with Gasteiger partial charge < -0.3 is 9.26 Å². The minimum Gasteiger partial charge on any atom is -0.494 e. The van der Waals surface area contributed by atoms with Crippen LogP contribution in [0.1, 0.15) is 44.9 Å². The Labute approximate surface area is 137 Å². The van der Waals surface area contributed by atoms with Crippen LogP contribution in [-0.4, -0.2) is 17.7 Å². The fraction of sp³-hybridized carbons (Fsp3) is 0.444. The van der Waals surface area contributed by atoms with E-state index >= 15 is 0 Å². The highest BCUT2D eigenvalue weighted by Crippen LogP contribution is 2.24. The van der Waals surface area contributed by atoms with E-state index < -0.39 is 0 Å². The van der Waals surface area contributed by atoms with Crippen LogP contribution < -0.4 is 10.1 Å². The van der Waals surface area contributed by atoms with Crippen molar-refractivity contribution < 1.29 is 14.1 Å². The largest absolute Gasteiger partial charge is 0.494 e. The molecule has 0 radical (unpaired) electrons. The zero-order valence-corrected chi connectivity index (χ0v) is 14.2. The van der Waals surface area contributed by atoms with Crippen molar-refractivity contribution >= 4 is 11.8 Å². The SMILES string of the molecule is Cc1cc(NC(=O)CCCOc2ccc(C(C)(C)C)cc2)on1. The van der Waals surface area contributed by atoms with E-state index in [-0.39, 0.29) is 11.3 Å². The molecular weight excluding hydrogens is 292 g/mol. The van der Waals surface area contributed by atoms with Gasteiger partial charge in [-0.3, -0.25) is 10.1 Å². The van der Waals surface area contributed by atoms with Crippen LogP contribution in [0.4, 0.5) is 5.88 Å². The summed E-state index contributed by atoms with van der Waals surface area (Å²) >= 11 is 0. The van der Waals surface area contributed by atoms with E-state index in [1.807, 2.05) is 12.1 Å². The molecule has 0 saturated carbocycles. The summed E-state index contributed by atoms with van der Waals surface area (Å²) in [7, 11) is 0. The molecule has 124 valence electrons. The first-order chi connectivity index (χ1) is 10.8. The van der Waals surface area contributed by atoms with Gasteiger partial charge >= 0.3 is 0 Å². The lowest BCUT2D eigenvalue weighted by Gasteiger charge is -2.19. The van der Waals surface area contributed by atoms with Crippen molar-refractivity contribution in [2.45, 2.75) is 46.0 Å². The summed E-state index contributed by atoms with van der Waals surface area (Å²) in [5.74, 6) is 1.10. The summed E-state index contributed by atoms with van der Waals surface area (Å²) in [6.45, 7) is 8.84. The van der Waals surface area contributed by atoms with Crippen molar-refractivity contribution in [2.24, 2.45) is 0 Å². The van der Waals surface area contributed by atoms with Crippen molar-refractivity contribution in [1.82, 2.24) is 5.16 Å². The van der Waals surface area contributed by atoms with Gasteiger partial charge in [0.25, 0.3) is 0 Å². The highest BCUT2D eigenvalue weighted by molar-refractivity contribution is 5.89. The Morgan fingerprint density at radius 3 is 2.52 bits per heavy atom. The molecule has 0 aliphatic carbocycles. The topological polar surface area (TPSA) is 64.4 Å². The van der Waals surface area contributed by atoms with Crippen LogP contribution in [0.5, 0.6) is 5.75 Å². The summed E-state index contributed by atoms with van der Waals surface area (Å²) in [4.78, 5) is 11.7. The van der Waals surface area contributed by atoms with Gasteiger partial charge in [0.05, 0.1) is 12.3 Å². The van der Waals surface area contributed by atoms with Crippen LogP contribution in [0.2, 0.25) is 0 Å². The predicted molar refractivity (Wildman–Crippen MR) is 89.7 cm³/mol. The van der Waals surface area contributed by atoms with Crippen molar-refractivity contribution in [3.8, 4) is 5.75 Å². The highest BCUT2D eigenvalue weighted by Gasteiger charge is 2.13. The second-order valence-corrected chi connectivity index (χ2v) is 6.61. The first-order valence-corrected chi connectivity index (χ1v) is 7.81. The Hall–Kier alpha value is -2.30. The molecule has 23 heavy (non-hydrogen) atoms. The standard InChI is InChI=1S/C18H24N2O3/c1-13-12-17(23-20-13)19-16(21)6-5-11-22-15-9-7-14(8-10-15)18(2,3)4/h7-10,12H,5-6,11H2,1-4H3,(H,19,21).